The van der Waals surface area contributed by atoms with Gasteiger partial charge in [-0.05, 0) is 24.3 Å². The standard InChI is InChI=1S/C14H20N2O2/c1-11-5-2-3-8-14(11)15-10-12-6-4-7-13(9-12)16(17)18/h4,6-7,9,11,14-15H,2-3,5,8,10H2,1H3/t11-,14+/m1/s1. The van der Waals surface area contributed by atoms with E-state index in [9.17, 15) is 10.1 Å². The summed E-state index contributed by atoms with van der Waals surface area (Å²) in [5, 5.41) is 14.2. The highest BCUT2D eigenvalue weighted by Crippen LogP contribution is 2.24. The summed E-state index contributed by atoms with van der Waals surface area (Å²) >= 11 is 0. The molecule has 0 unspecified atom stereocenters. The van der Waals surface area contributed by atoms with Crippen LogP contribution < -0.4 is 5.32 Å². The first kappa shape index (κ1) is 13.0. The van der Waals surface area contributed by atoms with Gasteiger partial charge in [0.1, 0.15) is 0 Å². The van der Waals surface area contributed by atoms with Crippen LogP contribution in [0.4, 0.5) is 5.69 Å². The minimum atomic E-state index is -0.341. The fraction of sp³-hybridized carbons (Fsp3) is 0.571. The zero-order valence-electron chi connectivity index (χ0n) is 10.8. The molecule has 1 aliphatic rings. The summed E-state index contributed by atoms with van der Waals surface area (Å²) in [4.78, 5) is 10.4. The molecule has 98 valence electrons. The first-order valence-corrected chi connectivity index (χ1v) is 6.63. The zero-order chi connectivity index (χ0) is 13.0. The maximum absolute atomic E-state index is 10.7. The lowest BCUT2D eigenvalue weighted by molar-refractivity contribution is -0.384. The number of rotatable bonds is 4. The highest BCUT2D eigenvalue weighted by atomic mass is 16.6. The molecular weight excluding hydrogens is 228 g/mol. The molecule has 2 rings (SSSR count). The van der Waals surface area contributed by atoms with Crippen molar-refractivity contribution in [2.45, 2.75) is 45.2 Å². The van der Waals surface area contributed by atoms with Gasteiger partial charge in [-0.25, -0.2) is 0 Å². The van der Waals surface area contributed by atoms with Gasteiger partial charge >= 0.3 is 0 Å². The first-order valence-electron chi connectivity index (χ1n) is 6.63. The minimum absolute atomic E-state index is 0.172. The van der Waals surface area contributed by atoms with Crippen LogP contribution in [0.5, 0.6) is 0 Å². The van der Waals surface area contributed by atoms with Crippen LogP contribution in [0.2, 0.25) is 0 Å². The molecule has 0 heterocycles. The Hall–Kier alpha value is -1.42. The minimum Gasteiger partial charge on any atom is -0.310 e. The van der Waals surface area contributed by atoms with Crippen molar-refractivity contribution in [1.82, 2.24) is 5.32 Å². The molecule has 0 radical (unpaired) electrons. The molecule has 1 saturated carbocycles. The third-order valence-electron chi connectivity index (χ3n) is 3.80. The highest BCUT2D eigenvalue weighted by molar-refractivity contribution is 5.34. The van der Waals surface area contributed by atoms with Crippen LogP contribution in [0.3, 0.4) is 0 Å². The summed E-state index contributed by atoms with van der Waals surface area (Å²) in [5.41, 5.74) is 1.16. The van der Waals surface area contributed by atoms with Gasteiger partial charge in [0.15, 0.2) is 0 Å². The predicted molar refractivity (Wildman–Crippen MR) is 71.4 cm³/mol. The van der Waals surface area contributed by atoms with Crippen molar-refractivity contribution < 1.29 is 4.92 Å². The number of hydrogen-bond acceptors (Lipinski definition) is 3. The Balaban J connectivity index is 1.93. The number of non-ortho nitro benzene ring substituents is 1. The molecule has 0 aliphatic heterocycles. The molecule has 0 spiro atoms. The summed E-state index contributed by atoms with van der Waals surface area (Å²) < 4.78 is 0. The average Bonchev–Trinajstić information content (AvgIpc) is 2.38. The second kappa shape index (κ2) is 5.96. The van der Waals surface area contributed by atoms with Crippen LogP contribution >= 0.6 is 0 Å². The van der Waals surface area contributed by atoms with E-state index in [4.69, 9.17) is 0 Å². The van der Waals surface area contributed by atoms with Crippen LogP contribution in [0.1, 0.15) is 38.2 Å². The lowest BCUT2D eigenvalue weighted by Gasteiger charge is -2.29. The van der Waals surface area contributed by atoms with E-state index < -0.39 is 0 Å². The van der Waals surface area contributed by atoms with Gasteiger partial charge in [0.25, 0.3) is 5.69 Å². The molecule has 0 amide bonds. The zero-order valence-corrected chi connectivity index (χ0v) is 10.8. The van der Waals surface area contributed by atoms with Crippen molar-refractivity contribution in [3.8, 4) is 0 Å². The van der Waals surface area contributed by atoms with Crippen molar-refractivity contribution in [3.63, 3.8) is 0 Å². The Morgan fingerprint density at radius 2 is 2.17 bits per heavy atom. The topological polar surface area (TPSA) is 55.2 Å². The van der Waals surface area contributed by atoms with E-state index in [0.29, 0.717) is 12.0 Å². The summed E-state index contributed by atoms with van der Waals surface area (Å²) in [6.45, 7) is 3.00. The van der Waals surface area contributed by atoms with E-state index in [2.05, 4.69) is 12.2 Å². The number of nitro groups is 1. The lowest BCUT2D eigenvalue weighted by atomic mass is 9.86. The Morgan fingerprint density at radius 1 is 1.39 bits per heavy atom. The third-order valence-corrected chi connectivity index (χ3v) is 3.80. The number of nitrogens with zero attached hydrogens (tertiary/aromatic N) is 1. The summed E-state index contributed by atoms with van der Waals surface area (Å²) in [5.74, 6) is 0.706. The summed E-state index contributed by atoms with van der Waals surface area (Å²) in [7, 11) is 0. The van der Waals surface area contributed by atoms with Crippen LogP contribution in [-0.4, -0.2) is 11.0 Å². The molecule has 4 nitrogen and oxygen atoms in total. The van der Waals surface area contributed by atoms with E-state index in [-0.39, 0.29) is 10.6 Å². The number of hydrogen-bond donors (Lipinski definition) is 1. The molecule has 1 N–H and O–H groups in total. The van der Waals surface area contributed by atoms with E-state index >= 15 is 0 Å². The van der Waals surface area contributed by atoms with Gasteiger partial charge in [0.2, 0.25) is 0 Å². The van der Waals surface area contributed by atoms with Gasteiger partial charge in [0.05, 0.1) is 4.92 Å². The van der Waals surface area contributed by atoms with Gasteiger partial charge in [-0.15, -0.1) is 0 Å². The lowest BCUT2D eigenvalue weighted by Crippen LogP contribution is -2.36. The molecule has 4 heteroatoms. The van der Waals surface area contributed by atoms with E-state index in [1.165, 1.54) is 31.7 Å². The smallest absolute Gasteiger partial charge is 0.269 e. The molecule has 2 atom stereocenters. The van der Waals surface area contributed by atoms with Gasteiger partial charge < -0.3 is 5.32 Å². The van der Waals surface area contributed by atoms with Gasteiger partial charge in [0, 0.05) is 24.7 Å². The second-order valence-corrected chi connectivity index (χ2v) is 5.18. The molecule has 1 aromatic carbocycles. The van der Waals surface area contributed by atoms with Crippen LogP contribution in [0.15, 0.2) is 24.3 Å². The average molecular weight is 248 g/mol. The predicted octanol–water partition coefficient (Wildman–Crippen LogP) is 3.26. The molecule has 1 aromatic rings. The van der Waals surface area contributed by atoms with Gasteiger partial charge in [-0.3, -0.25) is 10.1 Å². The van der Waals surface area contributed by atoms with Crippen molar-refractivity contribution in [2.24, 2.45) is 5.92 Å². The van der Waals surface area contributed by atoms with Crippen LogP contribution in [0.25, 0.3) is 0 Å². The van der Waals surface area contributed by atoms with Crippen molar-refractivity contribution in [3.05, 3.63) is 39.9 Å². The van der Waals surface area contributed by atoms with Crippen LogP contribution in [0, 0.1) is 16.0 Å². The molecule has 1 fully saturated rings. The normalized spacial score (nSPS) is 23.8. The third kappa shape index (κ3) is 3.29. The second-order valence-electron chi connectivity index (χ2n) is 5.18. The Labute approximate surface area is 108 Å². The quantitative estimate of drug-likeness (QED) is 0.657. The van der Waals surface area contributed by atoms with E-state index in [0.717, 1.165) is 12.1 Å². The molecule has 0 bridgehead atoms. The highest BCUT2D eigenvalue weighted by Gasteiger charge is 2.20. The van der Waals surface area contributed by atoms with Gasteiger partial charge in [-0.1, -0.05) is 31.9 Å². The van der Waals surface area contributed by atoms with E-state index in [1.54, 1.807) is 12.1 Å². The Morgan fingerprint density at radius 3 is 2.89 bits per heavy atom. The van der Waals surface area contributed by atoms with Crippen molar-refractivity contribution in [1.29, 1.82) is 0 Å². The van der Waals surface area contributed by atoms with Crippen molar-refractivity contribution >= 4 is 5.69 Å². The Bertz CT molecular complexity index is 420. The summed E-state index contributed by atoms with van der Waals surface area (Å²) in [6, 6.07) is 7.43. The fourth-order valence-corrected chi connectivity index (χ4v) is 2.65. The van der Waals surface area contributed by atoms with Crippen molar-refractivity contribution in [2.75, 3.05) is 0 Å². The van der Waals surface area contributed by atoms with Crippen LogP contribution in [-0.2, 0) is 6.54 Å². The maximum atomic E-state index is 10.7. The number of benzene rings is 1. The number of nitro benzene ring substituents is 1. The monoisotopic (exact) mass is 248 g/mol. The van der Waals surface area contributed by atoms with Gasteiger partial charge in [-0.2, -0.15) is 0 Å². The molecule has 18 heavy (non-hydrogen) atoms. The summed E-state index contributed by atoms with van der Waals surface area (Å²) in [6.07, 6.45) is 5.12. The fourth-order valence-electron chi connectivity index (χ4n) is 2.65. The Kier molecular flexibility index (Phi) is 4.31. The first-order chi connectivity index (χ1) is 8.66. The molecule has 0 aromatic heterocycles. The number of nitrogens with one attached hydrogen (secondary N) is 1. The molecule has 1 aliphatic carbocycles. The SMILES string of the molecule is C[C@@H]1CCCC[C@@H]1NCc1cccc([N+](=O)[O-])c1. The largest absolute Gasteiger partial charge is 0.310 e. The maximum Gasteiger partial charge on any atom is 0.269 e. The molecular formula is C14H20N2O2. The molecule has 0 saturated heterocycles. The van der Waals surface area contributed by atoms with E-state index in [1.807, 2.05) is 6.07 Å².